The van der Waals surface area contributed by atoms with Crippen LogP contribution in [0.15, 0.2) is 101 Å². The Bertz CT molecular complexity index is 1690. The lowest BCUT2D eigenvalue weighted by Gasteiger charge is -2.20. The highest BCUT2D eigenvalue weighted by molar-refractivity contribution is 8.27. The maximum atomic E-state index is 13.0. The van der Waals surface area contributed by atoms with Crippen molar-refractivity contribution in [1.29, 1.82) is 5.41 Å². The second-order valence-electron chi connectivity index (χ2n) is 8.91. The molecule has 0 bridgehead atoms. The monoisotopic (exact) mass is 551 g/mol. The lowest BCUT2D eigenvalue weighted by molar-refractivity contribution is -0.114. The predicted octanol–water partition coefficient (Wildman–Crippen LogP) is 5.43. The van der Waals surface area contributed by atoms with Crippen molar-refractivity contribution in [1.82, 2.24) is 9.58 Å². The molecule has 4 aromatic rings. The Morgan fingerprint density at radius 2 is 1.70 bits per heavy atom. The first-order valence-electron chi connectivity index (χ1n) is 12.6. The SMILES string of the molecule is COc1ccccc1OCCn1cc(/C=C2/C(=N)N3N=C(COc4ccccc4)SC3=NC2=O)c2ccccc21. The molecule has 9 nitrogen and oxygen atoms in total. The summed E-state index contributed by atoms with van der Waals surface area (Å²) in [4.78, 5) is 17.2. The number of thioether (sulfide) groups is 1. The van der Waals surface area contributed by atoms with Crippen LogP contribution < -0.4 is 14.2 Å². The fourth-order valence-electron chi connectivity index (χ4n) is 4.47. The maximum Gasteiger partial charge on any atom is 0.283 e. The number of aliphatic imine (C=N–C) groups is 1. The van der Waals surface area contributed by atoms with E-state index in [-0.39, 0.29) is 18.0 Å². The van der Waals surface area contributed by atoms with Gasteiger partial charge in [0.15, 0.2) is 17.3 Å². The number of amidine groups is 2. The van der Waals surface area contributed by atoms with Crippen molar-refractivity contribution < 1.29 is 19.0 Å². The zero-order chi connectivity index (χ0) is 27.5. The molecule has 0 spiro atoms. The standard InChI is InChI=1S/C30H25N5O4S/c1-37-25-13-7-8-14-26(25)38-16-15-34-18-20(22-11-5-6-12-24(22)34)17-23-28(31)35-30(32-29(23)36)40-27(33-35)19-39-21-9-3-2-4-10-21/h2-14,17-18,31H,15-16,19H2,1H3/b23-17-,31-28?. The van der Waals surface area contributed by atoms with Crippen molar-refractivity contribution in [3.8, 4) is 17.2 Å². The molecule has 10 heteroatoms. The van der Waals surface area contributed by atoms with E-state index in [2.05, 4.69) is 14.7 Å². The van der Waals surface area contributed by atoms with Gasteiger partial charge in [-0.3, -0.25) is 10.2 Å². The number of fused-ring (bicyclic) bond motifs is 2. The van der Waals surface area contributed by atoms with Crippen LogP contribution in [0, 0.1) is 5.41 Å². The summed E-state index contributed by atoms with van der Waals surface area (Å²) in [5.41, 5.74) is 1.97. The predicted molar refractivity (Wildman–Crippen MR) is 157 cm³/mol. The first-order valence-corrected chi connectivity index (χ1v) is 13.4. The molecule has 0 unspecified atom stereocenters. The number of methoxy groups -OCH3 is 1. The molecule has 0 radical (unpaired) electrons. The van der Waals surface area contributed by atoms with Crippen molar-refractivity contribution in [3.05, 3.63) is 96.2 Å². The van der Waals surface area contributed by atoms with E-state index < -0.39 is 5.91 Å². The number of nitrogens with one attached hydrogen (secondary N) is 1. The molecule has 200 valence electrons. The van der Waals surface area contributed by atoms with Gasteiger partial charge in [0.1, 0.15) is 24.0 Å². The van der Waals surface area contributed by atoms with Crippen molar-refractivity contribution in [2.75, 3.05) is 20.3 Å². The van der Waals surface area contributed by atoms with Gasteiger partial charge in [-0.1, -0.05) is 48.5 Å². The number of ether oxygens (including phenoxy) is 3. The molecule has 6 rings (SSSR count). The molecule has 2 aliphatic rings. The highest BCUT2D eigenvalue weighted by Gasteiger charge is 2.36. The highest BCUT2D eigenvalue weighted by Crippen LogP contribution is 2.31. The Morgan fingerprint density at radius 3 is 2.52 bits per heavy atom. The molecular formula is C30H25N5O4S. The van der Waals surface area contributed by atoms with E-state index >= 15 is 0 Å². The second kappa shape index (κ2) is 11.1. The third-order valence-electron chi connectivity index (χ3n) is 6.38. The van der Waals surface area contributed by atoms with Crippen molar-refractivity contribution in [2.45, 2.75) is 6.54 Å². The molecule has 0 saturated carbocycles. The Balaban J connectivity index is 1.22. The lowest BCUT2D eigenvalue weighted by Crippen LogP contribution is -2.35. The second-order valence-corrected chi connectivity index (χ2v) is 9.95. The summed E-state index contributed by atoms with van der Waals surface area (Å²) in [7, 11) is 1.62. The Kier molecular flexibility index (Phi) is 7.07. The molecule has 0 saturated heterocycles. The van der Waals surface area contributed by atoms with Crippen molar-refractivity contribution in [2.24, 2.45) is 10.1 Å². The summed E-state index contributed by atoms with van der Waals surface area (Å²) >= 11 is 1.23. The number of benzene rings is 3. The van der Waals surface area contributed by atoms with Crippen LogP contribution in [-0.2, 0) is 11.3 Å². The number of aromatic nitrogens is 1. The van der Waals surface area contributed by atoms with Gasteiger partial charge in [-0.25, -0.2) is 0 Å². The van der Waals surface area contributed by atoms with E-state index in [1.807, 2.05) is 85.1 Å². The molecule has 0 fully saturated rings. The number of rotatable bonds is 9. The Morgan fingerprint density at radius 1 is 0.950 bits per heavy atom. The maximum absolute atomic E-state index is 13.0. The molecular weight excluding hydrogens is 526 g/mol. The van der Waals surface area contributed by atoms with E-state index in [4.69, 9.17) is 19.6 Å². The summed E-state index contributed by atoms with van der Waals surface area (Å²) in [6.07, 6.45) is 3.67. The van der Waals surface area contributed by atoms with Crippen molar-refractivity contribution in [3.63, 3.8) is 0 Å². The molecule has 40 heavy (non-hydrogen) atoms. The molecule has 0 atom stereocenters. The Hall–Kier alpha value is -4.83. The van der Waals surface area contributed by atoms with Gasteiger partial charge < -0.3 is 18.8 Å². The summed E-state index contributed by atoms with van der Waals surface area (Å²) in [6, 6.07) is 24.9. The average molecular weight is 552 g/mol. The zero-order valence-corrected chi connectivity index (χ0v) is 22.4. The van der Waals surface area contributed by atoms with Crippen LogP contribution in [0.4, 0.5) is 0 Å². The fourth-order valence-corrected chi connectivity index (χ4v) is 5.27. The molecule has 1 N–H and O–H groups in total. The minimum absolute atomic E-state index is 0.0199. The van der Waals surface area contributed by atoms with E-state index in [1.165, 1.54) is 16.8 Å². The van der Waals surface area contributed by atoms with E-state index in [1.54, 1.807) is 13.2 Å². The van der Waals surface area contributed by atoms with Crippen LogP contribution in [0.1, 0.15) is 5.56 Å². The smallest absolute Gasteiger partial charge is 0.283 e. The minimum Gasteiger partial charge on any atom is -0.493 e. The van der Waals surface area contributed by atoms with Gasteiger partial charge in [0.05, 0.1) is 19.2 Å². The molecule has 1 aromatic heterocycles. The average Bonchev–Trinajstić information content (AvgIpc) is 3.56. The zero-order valence-electron chi connectivity index (χ0n) is 21.6. The van der Waals surface area contributed by atoms with Gasteiger partial charge in [-0.15, -0.1) is 0 Å². The normalized spacial score (nSPS) is 15.7. The van der Waals surface area contributed by atoms with Crippen LogP contribution >= 0.6 is 11.8 Å². The third-order valence-corrected chi connectivity index (χ3v) is 7.26. The Labute approximate surface area is 234 Å². The molecule has 2 aliphatic heterocycles. The van der Waals surface area contributed by atoms with Gasteiger partial charge in [0, 0.05) is 22.7 Å². The number of carbonyl (C=O) groups is 1. The van der Waals surface area contributed by atoms with E-state index in [0.717, 1.165) is 16.5 Å². The third kappa shape index (κ3) is 5.08. The van der Waals surface area contributed by atoms with Gasteiger partial charge in [-0.05, 0) is 48.2 Å². The lowest BCUT2D eigenvalue weighted by atomic mass is 10.1. The number of hydrogen-bond acceptors (Lipinski definition) is 7. The molecule has 3 heterocycles. The topological polar surface area (TPSA) is 102 Å². The number of amides is 1. The molecule has 3 aromatic carbocycles. The summed E-state index contributed by atoms with van der Waals surface area (Å²) in [5.74, 6) is 1.58. The van der Waals surface area contributed by atoms with Crippen molar-refractivity contribution >= 4 is 50.7 Å². The number of para-hydroxylation sites is 4. The van der Waals surface area contributed by atoms with Crippen LogP contribution in [0.25, 0.3) is 17.0 Å². The number of hydrazone groups is 1. The van der Waals surface area contributed by atoms with Crippen LogP contribution in [-0.4, -0.2) is 51.9 Å². The van der Waals surface area contributed by atoms with Gasteiger partial charge in [0.25, 0.3) is 5.91 Å². The van der Waals surface area contributed by atoms with Crippen LogP contribution in [0.2, 0.25) is 0 Å². The molecule has 1 amide bonds. The van der Waals surface area contributed by atoms with Gasteiger partial charge in [0.2, 0.25) is 5.17 Å². The highest BCUT2D eigenvalue weighted by atomic mass is 32.2. The van der Waals surface area contributed by atoms with Crippen LogP contribution in [0.5, 0.6) is 17.2 Å². The van der Waals surface area contributed by atoms with Crippen LogP contribution in [0.3, 0.4) is 0 Å². The number of nitrogens with zero attached hydrogens (tertiary/aromatic N) is 4. The minimum atomic E-state index is -0.472. The first kappa shape index (κ1) is 25.4. The fraction of sp³-hybridized carbons (Fsp3) is 0.133. The van der Waals surface area contributed by atoms with E-state index in [9.17, 15) is 4.79 Å². The van der Waals surface area contributed by atoms with Gasteiger partial charge in [-0.2, -0.15) is 15.1 Å². The summed E-state index contributed by atoms with van der Waals surface area (Å²) in [5, 5.41) is 16.6. The molecule has 0 aliphatic carbocycles. The number of carbonyl (C=O) groups excluding carboxylic acids is 1. The quantitative estimate of drug-likeness (QED) is 0.279. The van der Waals surface area contributed by atoms with Gasteiger partial charge >= 0.3 is 0 Å². The first-order chi connectivity index (χ1) is 19.6. The number of hydrogen-bond donors (Lipinski definition) is 1. The summed E-state index contributed by atoms with van der Waals surface area (Å²) < 4.78 is 19.2. The van der Waals surface area contributed by atoms with E-state index in [0.29, 0.717) is 40.6 Å². The largest absolute Gasteiger partial charge is 0.493 e. The summed E-state index contributed by atoms with van der Waals surface area (Å²) in [6.45, 7) is 1.22.